The highest BCUT2D eigenvalue weighted by atomic mass is 32.2. The first-order chi connectivity index (χ1) is 11.7. The second-order valence-electron chi connectivity index (χ2n) is 6.93. The highest BCUT2D eigenvalue weighted by molar-refractivity contribution is 7.99. The zero-order valence-electron chi connectivity index (χ0n) is 14.4. The molecule has 3 saturated heterocycles. The van der Waals surface area contributed by atoms with Gasteiger partial charge in [-0.05, 0) is 38.8 Å². The number of carbonyl (C=O) groups excluding carboxylic acids is 2. The molecule has 0 aromatic carbocycles. The van der Waals surface area contributed by atoms with Crippen LogP contribution in [0.1, 0.15) is 25.7 Å². The predicted octanol–water partition coefficient (Wildman–Crippen LogP) is 0.569. The molecule has 0 spiro atoms. The third-order valence-corrected chi connectivity index (χ3v) is 6.12. The van der Waals surface area contributed by atoms with Gasteiger partial charge < -0.3 is 15.0 Å². The molecule has 0 radical (unpaired) electrons. The van der Waals surface area contributed by atoms with Crippen LogP contribution in [0.5, 0.6) is 0 Å². The van der Waals surface area contributed by atoms with E-state index in [4.69, 9.17) is 4.74 Å². The molecule has 7 heteroatoms. The minimum atomic E-state index is 0.0725. The number of nitrogens with one attached hydrogen (secondary N) is 1. The van der Waals surface area contributed by atoms with E-state index in [0.717, 1.165) is 70.0 Å². The number of carbonyl (C=O) groups is 2. The van der Waals surface area contributed by atoms with Crippen molar-refractivity contribution in [2.24, 2.45) is 5.92 Å². The molecule has 1 unspecified atom stereocenters. The molecule has 1 atom stereocenters. The number of nitrogens with zero attached hydrogens (tertiary/aromatic N) is 2. The van der Waals surface area contributed by atoms with Crippen LogP contribution in [0.3, 0.4) is 0 Å². The Kier molecular flexibility index (Phi) is 6.80. The van der Waals surface area contributed by atoms with Crippen LogP contribution in [0, 0.1) is 5.92 Å². The number of ether oxygens (including phenoxy) is 1. The van der Waals surface area contributed by atoms with Crippen LogP contribution in [0.2, 0.25) is 0 Å². The lowest BCUT2D eigenvalue weighted by Crippen LogP contribution is -2.47. The van der Waals surface area contributed by atoms with Crippen molar-refractivity contribution in [1.29, 1.82) is 0 Å². The Morgan fingerprint density at radius 3 is 2.50 bits per heavy atom. The molecule has 136 valence electrons. The zero-order chi connectivity index (χ0) is 16.8. The topological polar surface area (TPSA) is 61.9 Å². The van der Waals surface area contributed by atoms with E-state index < -0.39 is 0 Å². The predicted molar refractivity (Wildman–Crippen MR) is 95.1 cm³/mol. The molecule has 3 aliphatic heterocycles. The van der Waals surface area contributed by atoms with Gasteiger partial charge in [0.1, 0.15) is 0 Å². The molecular weight excluding hydrogens is 326 g/mol. The van der Waals surface area contributed by atoms with E-state index in [9.17, 15) is 9.59 Å². The maximum Gasteiger partial charge on any atom is 0.234 e. The summed E-state index contributed by atoms with van der Waals surface area (Å²) >= 11 is 1.93. The lowest BCUT2D eigenvalue weighted by molar-refractivity contribution is -0.136. The summed E-state index contributed by atoms with van der Waals surface area (Å²) in [6.45, 7) is 5.36. The van der Waals surface area contributed by atoms with E-state index in [1.165, 1.54) is 0 Å². The smallest absolute Gasteiger partial charge is 0.234 e. The van der Waals surface area contributed by atoms with Gasteiger partial charge in [-0.1, -0.05) is 0 Å². The Hall–Kier alpha value is -0.790. The molecule has 3 aliphatic rings. The van der Waals surface area contributed by atoms with Gasteiger partial charge in [-0.25, -0.2) is 0 Å². The first-order valence-corrected chi connectivity index (χ1v) is 10.3. The van der Waals surface area contributed by atoms with Crippen LogP contribution in [-0.2, 0) is 14.3 Å². The molecule has 3 rings (SSSR count). The van der Waals surface area contributed by atoms with E-state index in [1.807, 2.05) is 16.7 Å². The van der Waals surface area contributed by atoms with Crippen molar-refractivity contribution in [1.82, 2.24) is 15.1 Å². The van der Waals surface area contributed by atoms with Crippen molar-refractivity contribution in [2.75, 3.05) is 57.4 Å². The Morgan fingerprint density at radius 1 is 1.08 bits per heavy atom. The van der Waals surface area contributed by atoms with Gasteiger partial charge in [0.2, 0.25) is 11.8 Å². The van der Waals surface area contributed by atoms with Gasteiger partial charge in [-0.2, -0.15) is 11.8 Å². The molecule has 0 aromatic heterocycles. The van der Waals surface area contributed by atoms with Crippen molar-refractivity contribution in [3.63, 3.8) is 0 Å². The average molecular weight is 356 g/mol. The summed E-state index contributed by atoms with van der Waals surface area (Å²) in [4.78, 5) is 28.8. The SMILES string of the molecule is O=C(CN1CCC(C(=O)N2CCSCC2)CC1)NCC1CCCO1. The number of hydrogen-bond acceptors (Lipinski definition) is 5. The fourth-order valence-corrected chi connectivity index (χ4v) is 4.58. The maximum atomic E-state index is 12.5. The highest BCUT2D eigenvalue weighted by Crippen LogP contribution is 2.21. The molecule has 3 heterocycles. The fourth-order valence-electron chi connectivity index (χ4n) is 3.67. The molecule has 2 amide bonds. The molecule has 6 nitrogen and oxygen atoms in total. The minimum absolute atomic E-state index is 0.0725. The Balaban J connectivity index is 1.33. The molecule has 0 saturated carbocycles. The molecule has 24 heavy (non-hydrogen) atoms. The molecule has 0 aromatic rings. The summed E-state index contributed by atoms with van der Waals surface area (Å²) < 4.78 is 5.52. The van der Waals surface area contributed by atoms with Gasteiger partial charge in [0.25, 0.3) is 0 Å². The number of likely N-dealkylation sites (tertiary alicyclic amines) is 1. The third-order valence-electron chi connectivity index (χ3n) is 5.18. The van der Waals surface area contributed by atoms with Crippen LogP contribution >= 0.6 is 11.8 Å². The number of piperidine rings is 1. The van der Waals surface area contributed by atoms with Gasteiger partial charge in [-0.15, -0.1) is 0 Å². The Morgan fingerprint density at radius 2 is 1.83 bits per heavy atom. The Bertz CT molecular complexity index is 429. The summed E-state index contributed by atoms with van der Waals surface area (Å²) in [6.07, 6.45) is 4.09. The maximum absolute atomic E-state index is 12.5. The normalized spacial score (nSPS) is 26.5. The summed E-state index contributed by atoms with van der Waals surface area (Å²) in [7, 11) is 0. The first-order valence-electron chi connectivity index (χ1n) is 9.19. The molecule has 1 N–H and O–H groups in total. The van der Waals surface area contributed by atoms with E-state index in [-0.39, 0.29) is 17.9 Å². The molecule has 0 aliphatic carbocycles. The van der Waals surface area contributed by atoms with E-state index in [0.29, 0.717) is 19.0 Å². The standard InChI is InChI=1S/C17H29N3O3S/c21-16(18-12-15-2-1-9-23-15)13-19-5-3-14(4-6-19)17(22)20-7-10-24-11-8-20/h14-15H,1-13H2,(H,18,21). The summed E-state index contributed by atoms with van der Waals surface area (Å²) in [5, 5.41) is 2.97. The number of thioether (sulfide) groups is 1. The quantitative estimate of drug-likeness (QED) is 0.781. The van der Waals surface area contributed by atoms with Gasteiger partial charge >= 0.3 is 0 Å². The van der Waals surface area contributed by atoms with E-state index >= 15 is 0 Å². The molecule has 3 fully saturated rings. The first kappa shape index (κ1) is 18.0. The van der Waals surface area contributed by atoms with E-state index in [1.54, 1.807) is 0 Å². The second kappa shape index (κ2) is 9.06. The van der Waals surface area contributed by atoms with Crippen LogP contribution in [0.25, 0.3) is 0 Å². The lowest BCUT2D eigenvalue weighted by atomic mass is 9.95. The number of hydrogen-bond donors (Lipinski definition) is 1. The zero-order valence-corrected chi connectivity index (χ0v) is 15.2. The van der Waals surface area contributed by atoms with Crippen molar-refractivity contribution in [3.8, 4) is 0 Å². The average Bonchev–Trinajstić information content (AvgIpc) is 3.14. The van der Waals surface area contributed by atoms with Crippen molar-refractivity contribution < 1.29 is 14.3 Å². The molecule has 0 bridgehead atoms. The van der Waals surface area contributed by atoms with Crippen molar-refractivity contribution in [2.45, 2.75) is 31.8 Å². The van der Waals surface area contributed by atoms with Gasteiger partial charge in [0.15, 0.2) is 0 Å². The molecular formula is C17H29N3O3S. The monoisotopic (exact) mass is 355 g/mol. The van der Waals surface area contributed by atoms with Gasteiger partial charge in [0.05, 0.1) is 12.6 Å². The highest BCUT2D eigenvalue weighted by Gasteiger charge is 2.29. The summed E-state index contributed by atoms with van der Waals surface area (Å²) in [5.74, 6) is 2.69. The van der Waals surface area contributed by atoms with Crippen molar-refractivity contribution in [3.05, 3.63) is 0 Å². The van der Waals surface area contributed by atoms with Crippen LogP contribution in [-0.4, -0.2) is 85.1 Å². The van der Waals surface area contributed by atoms with Gasteiger partial charge in [0, 0.05) is 43.7 Å². The fraction of sp³-hybridized carbons (Fsp3) is 0.882. The van der Waals surface area contributed by atoms with Crippen LogP contribution in [0.4, 0.5) is 0 Å². The van der Waals surface area contributed by atoms with Gasteiger partial charge in [-0.3, -0.25) is 14.5 Å². The second-order valence-corrected chi connectivity index (χ2v) is 8.15. The number of amides is 2. The van der Waals surface area contributed by atoms with E-state index in [2.05, 4.69) is 10.2 Å². The third kappa shape index (κ3) is 5.10. The van der Waals surface area contributed by atoms with Crippen molar-refractivity contribution >= 4 is 23.6 Å². The minimum Gasteiger partial charge on any atom is -0.376 e. The number of rotatable bonds is 5. The summed E-state index contributed by atoms with van der Waals surface area (Å²) in [5.41, 5.74) is 0. The summed E-state index contributed by atoms with van der Waals surface area (Å²) in [6, 6.07) is 0. The lowest BCUT2D eigenvalue weighted by Gasteiger charge is -2.35. The Labute approximate surface area is 148 Å². The van der Waals surface area contributed by atoms with Crippen LogP contribution in [0.15, 0.2) is 0 Å². The largest absolute Gasteiger partial charge is 0.376 e. The van der Waals surface area contributed by atoms with Crippen LogP contribution < -0.4 is 5.32 Å².